The van der Waals surface area contributed by atoms with Gasteiger partial charge in [0.1, 0.15) is 5.82 Å². The molecule has 8 heteroatoms. The Balaban J connectivity index is 2.88. The molecule has 0 spiro atoms. The van der Waals surface area contributed by atoms with E-state index in [1.807, 2.05) is 19.0 Å². The molecule has 1 rings (SSSR count). The molecule has 0 radical (unpaired) electrons. The summed E-state index contributed by atoms with van der Waals surface area (Å²) in [5.74, 6) is 0.462. The van der Waals surface area contributed by atoms with Gasteiger partial charge in [0.25, 0.3) is 14.2 Å². The molecule has 13 heavy (non-hydrogen) atoms. The maximum Gasteiger partial charge on any atom is 0.298 e. The second kappa shape index (κ2) is 3.60. The first-order valence-corrected chi connectivity index (χ1v) is 5.71. The Morgan fingerprint density at radius 1 is 1.54 bits per heavy atom. The first-order chi connectivity index (χ1) is 5.89. The van der Waals surface area contributed by atoms with E-state index < -0.39 is 9.05 Å². The maximum atomic E-state index is 10.7. The number of aromatic nitrogens is 3. The first kappa shape index (κ1) is 10.4. The lowest BCUT2D eigenvalue weighted by atomic mass is 10.6. The summed E-state index contributed by atoms with van der Waals surface area (Å²) >= 11 is 0. The fourth-order valence-corrected chi connectivity index (χ4v) is 1.34. The number of rotatable bonds is 3. The van der Waals surface area contributed by atoms with Crippen molar-refractivity contribution in [2.24, 2.45) is 0 Å². The number of aromatic amines is 1. The monoisotopic (exact) mass is 224 g/mol. The van der Waals surface area contributed by atoms with Crippen LogP contribution in [0.1, 0.15) is 5.82 Å². The fourth-order valence-electron chi connectivity index (χ4n) is 0.757. The molecule has 1 heterocycles. The van der Waals surface area contributed by atoms with Gasteiger partial charge in [-0.25, -0.2) is 8.42 Å². The van der Waals surface area contributed by atoms with Crippen molar-refractivity contribution in [2.45, 2.75) is 11.7 Å². The Morgan fingerprint density at radius 2 is 2.15 bits per heavy atom. The molecule has 1 N–H and O–H groups in total. The molecule has 0 aliphatic rings. The number of nitrogens with one attached hydrogen (secondary N) is 1. The summed E-state index contributed by atoms with van der Waals surface area (Å²) in [6, 6.07) is 0. The highest BCUT2D eigenvalue weighted by Crippen LogP contribution is 2.08. The smallest absolute Gasteiger partial charge is 0.298 e. The quantitative estimate of drug-likeness (QED) is 0.719. The Kier molecular flexibility index (Phi) is 2.89. The third-order valence-electron chi connectivity index (χ3n) is 1.20. The van der Waals surface area contributed by atoms with Crippen molar-refractivity contribution in [3.05, 3.63) is 5.82 Å². The summed E-state index contributed by atoms with van der Waals surface area (Å²) in [7, 11) is 4.87. The Labute approximate surface area is 80.3 Å². The average Bonchev–Trinajstić information content (AvgIpc) is 2.32. The van der Waals surface area contributed by atoms with Crippen molar-refractivity contribution in [3.63, 3.8) is 0 Å². The highest BCUT2D eigenvalue weighted by molar-refractivity contribution is 8.13. The molecule has 0 saturated carbocycles. The van der Waals surface area contributed by atoms with E-state index in [2.05, 4.69) is 15.2 Å². The summed E-state index contributed by atoms with van der Waals surface area (Å²) < 4.78 is 21.5. The zero-order valence-corrected chi connectivity index (χ0v) is 8.72. The molecule has 1 aromatic rings. The minimum absolute atomic E-state index is 0.383. The molecule has 0 amide bonds. The van der Waals surface area contributed by atoms with E-state index in [9.17, 15) is 8.42 Å². The van der Waals surface area contributed by atoms with Crippen LogP contribution in [0.5, 0.6) is 0 Å². The lowest BCUT2D eigenvalue weighted by Crippen LogP contribution is -2.11. The number of hydrogen-bond acceptors (Lipinski definition) is 5. The molecule has 0 fully saturated rings. The van der Waals surface area contributed by atoms with Gasteiger partial charge in [-0.2, -0.15) is 4.98 Å². The van der Waals surface area contributed by atoms with Gasteiger partial charge >= 0.3 is 0 Å². The summed E-state index contributed by atoms with van der Waals surface area (Å²) in [6.07, 6.45) is 0. The molecule has 0 saturated heterocycles. The van der Waals surface area contributed by atoms with Crippen LogP contribution in [-0.2, 0) is 15.6 Å². The van der Waals surface area contributed by atoms with Crippen LogP contribution < -0.4 is 0 Å². The van der Waals surface area contributed by atoms with E-state index in [-0.39, 0.29) is 5.16 Å². The standard InChI is InChI=1S/C5H9ClN4O2S/c1-10(2)3-4-7-5(9-8-4)13(6,11)12/h3H2,1-2H3,(H,7,8,9). The van der Waals surface area contributed by atoms with Gasteiger partial charge in [-0.1, -0.05) is 0 Å². The molecule has 74 valence electrons. The van der Waals surface area contributed by atoms with E-state index in [1.54, 1.807) is 0 Å². The van der Waals surface area contributed by atoms with Crippen LogP contribution in [0, 0.1) is 0 Å². The molecule has 0 atom stereocenters. The zero-order chi connectivity index (χ0) is 10.1. The molecule has 6 nitrogen and oxygen atoms in total. The number of H-pyrrole nitrogens is 1. The third kappa shape index (κ3) is 2.94. The lowest BCUT2D eigenvalue weighted by molar-refractivity contribution is 0.390. The van der Waals surface area contributed by atoms with Crippen molar-refractivity contribution in [1.29, 1.82) is 0 Å². The molecule has 0 unspecified atom stereocenters. The molecular weight excluding hydrogens is 216 g/mol. The van der Waals surface area contributed by atoms with E-state index in [4.69, 9.17) is 10.7 Å². The molecule has 0 aliphatic heterocycles. The second-order valence-electron chi connectivity index (χ2n) is 2.74. The van der Waals surface area contributed by atoms with E-state index >= 15 is 0 Å². The normalized spacial score (nSPS) is 12.3. The van der Waals surface area contributed by atoms with Crippen LogP contribution in [0.3, 0.4) is 0 Å². The van der Waals surface area contributed by atoms with E-state index in [0.29, 0.717) is 12.4 Å². The van der Waals surface area contributed by atoms with Crippen LogP contribution in [0.4, 0.5) is 0 Å². The maximum absolute atomic E-state index is 10.7. The van der Waals surface area contributed by atoms with Gasteiger partial charge in [-0.15, -0.1) is 5.10 Å². The van der Waals surface area contributed by atoms with Crippen LogP contribution in [-0.4, -0.2) is 42.6 Å². The van der Waals surface area contributed by atoms with E-state index in [1.165, 1.54) is 0 Å². The summed E-state index contributed by atoms with van der Waals surface area (Å²) in [5, 5.41) is 5.55. The second-order valence-corrected chi connectivity index (χ2v) is 5.20. The Bertz CT molecular complexity index is 385. The topological polar surface area (TPSA) is 79.0 Å². The SMILES string of the molecule is CN(C)Cc1nc(S(=O)(=O)Cl)n[nH]1. The lowest BCUT2D eigenvalue weighted by Gasteiger charge is -2.04. The van der Waals surface area contributed by atoms with Crippen molar-refractivity contribution < 1.29 is 8.42 Å². The highest BCUT2D eigenvalue weighted by atomic mass is 35.7. The van der Waals surface area contributed by atoms with Crippen LogP contribution >= 0.6 is 10.7 Å². The minimum Gasteiger partial charge on any atom is -0.302 e. The van der Waals surface area contributed by atoms with Crippen molar-refractivity contribution in [2.75, 3.05) is 14.1 Å². The predicted molar refractivity (Wildman–Crippen MR) is 46.8 cm³/mol. The number of halogens is 1. The van der Waals surface area contributed by atoms with Crippen molar-refractivity contribution >= 4 is 19.7 Å². The fraction of sp³-hybridized carbons (Fsp3) is 0.600. The third-order valence-corrected chi connectivity index (χ3v) is 2.23. The van der Waals surface area contributed by atoms with Gasteiger partial charge in [0.05, 0.1) is 6.54 Å². The summed E-state index contributed by atoms with van der Waals surface area (Å²) in [6.45, 7) is 0.486. The van der Waals surface area contributed by atoms with Gasteiger partial charge < -0.3 is 4.90 Å². The Hall–Kier alpha value is -0.660. The van der Waals surface area contributed by atoms with Crippen molar-refractivity contribution in [1.82, 2.24) is 20.1 Å². The average molecular weight is 225 g/mol. The van der Waals surface area contributed by atoms with Crippen LogP contribution in [0.15, 0.2) is 5.16 Å². The minimum atomic E-state index is -3.82. The number of hydrogen-bond donors (Lipinski definition) is 1. The van der Waals surface area contributed by atoms with Crippen LogP contribution in [0.25, 0.3) is 0 Å². The molecular formula is C5H9ClN4O2S. The van der Waals surface area contributed by atoms with Gasteiger partial charge in [-0.05, 0) is 14.1 Å². The van der Waals surface area contributed by atoms with Gasteiger partial charge in [0.2, 0.25) is 0 Å². The number of nitrogens with zero attached hydrogens (tertiary/aromatic N) is 3. The molecule has 0 bridgehead atoms. The van der Waals surface area contributed by atoms with Crippen molar-refractivity contribution in [3.8, 4) is 0 Å². The Morgan fingerprint density at radius 3 is 2.54 bits per heavy atom. The molecule has 1 aromatic heterocycles. The first-order valence-electron chi connectivity index (χ1n) is 3.40. The summed E-state index contributed by atoms with van der Waals surface area (Å²) in [5.41, 5.74) is 0. The largest absolute Gasteiger partial charge is 0.302 e. The molecule has 0 aliphatic carbocycles. The van der Waals surface area contributed by atoms with E-state index in [0.717, 1.165) is 0 Å². The molecule has 0 aromatic carbocycles. The predicted octanol–water partition coefficient (Wildman–Crippen LogP) is -0.206. The van der Waals surface area contributed by atoms with Gasteiger partial charge in [0.15, 0.2) is 0 Å². The van der Waals surface area contributed by atoms with Crippen LogP contribution in [0.2, 0.25) is 0 Å². The zero-order valence-electron chi connectivity index (χ0n) is 7.15. The van der Waals surface area contributed by atoms with Gasteiger partial charge in [0, 0.05) is 10.7 Å². The summed E-state index contributed by atoms with van der Waals surface area (Å²) in [4.78, 5) is 5.52. The van der Waals surface area contributed by atoms with Gasteiger partial charge in [-0.3, -0.25) is 5.10 Å². The highest BCUT2D eigenvalue weighted by Gasteiger charge is 2.16.